The second-order valence-corrected chi connectivity index (χ2v) is 7.41. The summed E-state index contributed by atoms with van der Waals surface area (Å²) >= 11 is 0. The first-order chi connectivity index (χ1) is 9.58. The van der Waals surface area contributed by atoms with Crippen LogP contribution in [-0.2, 0) is 0 Å². The van der Waals surface area contributed by atoms with Crippen molar-refractivity contribution in [3.8, 4) is 0 Å². The summed E-state index contributed by atoms with van der Waals surface area (Å²) in [6, 6.07) is 1.57. The highest BCUT2D eigenvalue weighted by atomic mass is 15.3. The molecule has 2 heterocycles. The van der Waals surface area contributed by atoms with E-state index in [0.29, 0.717) is 5.41 Å². The monoisotopic (exact) mass is 281 g/mol. The van der Waals surface area contributed by atoms with E-state index in [2.05, 4.69) is 42.8 Å². The van der Waals surface area contributed by atoms with Gasteiger partial charge in [-0.2, -0.15) is 0 Å². The van der Waals surface area contributed by atoms with Gasteiger partial charge in [-0.3, -0.25) is 9.80 Å². The van der Waals surface area contributed by atoms with E-state index in [1.165, 1.54) is 51.9 Å². The van der Waals surface area contributed by atoms with Crippen LogP contribution in [0.4, 0.5) is 0 Å². The van der Waals surface area contributed by atoms with Gasteiger partial charge in [0.2, 0.25) is 0 Å². The molecule has 0 aromatic carbocycles. The first kappa shape index (κ1) is 16.3. The average molecular weight is 281 g/mol. The van der Waals surface area contributed by atoms with Crippen LogP contribution in [0.2, 0.25) is 0 Å². The quantitative estimate of drug-likeness (QED) is 0.724. The van der Waals surface area contributed by atoms with E-state index < -0.39 is 0 Å². The predicted molar refractivity (Wildman–Crippen MR) is 87.2 cm³/mol. The molecule has 2 aliphatic heterocycles. The summed E-state index contributed by atoms with van der Waals surface area (Å²) in [5.74, 6) is 0. The van der Waals surface area contributed by atoms with Crippen molar-refractivity contribution in [2.45, 2.75) is 65.5 Å². The molecule has 0 amide bonds. The van der Waals surface area contributed by atoms with Gasteiger partial charge < -0.3 is 5.32 Å². The fraction of sp³-hybridized carbons (Fsp3) is 1.00. The van der Waals surface area contributed by atoms with Crippen LogP contribution in [0.3, 0.4) is 0 Å². The number of rotatable bonds is 7. The summed E-state index contributed by atoms with van der Waals surface area (Å²) < 4.78 is 0. The molecule has 118 valence electrons. The van der Waals surface area contributed by atoms with Crippen LogP contribution >= 0.6 is 0 Å². The lowest BCUT2D eigenvalue weighted by Crippen LogP contribution is -2.57. The van der Waals surface area contributed by atoms with E-state index in [1.807, 2.05) is 0 Å². The summed E-state index contributed by atoms with van der Waals surface area (Å²) in [5.41, 5.74) is 0.421. The molecular weight excluding hydrogens is 246 g/mol. The minimum atomic E-state index is 0.421. The van der Waals surface area contributed by atoms with E-state index in [1.54, 1.807) is 0 Å². The van der Waals surface area contributed by atoms with E-state index >= 15 is 0 Å². The first-order valence-corrected chi connectivity index (χ1v) is 8.77. The third-order valence-corrected chi connectivity index (χ3v) is 5.48. The number of nitrogens with zero attached hydrogens (tertiary/aromatic N) is 2. The lowest BCUT2D eigenvalue weighted by Gasteiger charge is -2.46. The Balaban J connectivity index is 1.88. The molecule has 3 nitrogen and oxygen atoms in total. The van der Waals surface area contributed by atoms with E-state index in [0.717, 1.165) is 25.2 Å². The molecule has 0 saturated carbocycles. The Morgan fingerprint density at radius 3 is 2.75 bits per heavy atom. The normalized spacial score (nSPS) is 31.2. The molecule has 2 aliphatic rings. The highest BCUT2D eigenvalue weighted by Gasteiger charge is 2.36. The molecule has 0 bridgehead atoms. The van der Waals surface area contributed by atoms with Gasteiger partial charge in [0, 0.05) is 38.3 Å². The van der Waals surface area contributed by atoms with Crippen molar-refractivity contribution in [2.24, 2.45) is 5.41 Å². The lowest BCUT2D eigenvalue weighted by molar-refractivity contribution is 0.0285. The predicted octanol–water partition coefficient (Wildman–Crippen LogP) is 2.57. The van der Waals surface area contributed by atoms with Crippen molar-refractivity contribution < 1.29 is 0 Å². The van der Waals surface area contributed by atoms with E-state index in [4.69, 9.17) is 0 Å². The molecule has 3 unspecified atom stereocenters. The molecule has 20 heavy (non-hydrogen) atoms. The van der Waals surface area contributed by atoms with Crippen molar-refractivity contribution in [3.63, 3.8) is 0 Å². The molecule has 3 heteroatoms. The second-order valence-electron chi connectivity index (χ2n) is 7.41. The third kappa shape index (κ3) is 3.96. The lowest BCUT2D eigenvalue weighted by atomic mass is 9.85. The largest absolute Gasteiger partial charge is 0.316 e. The highest BCUT2D eigenvalue weighted by Crippen LogP contribution is 2.29. The number of fused-ring (bicyclic) bond motifs is 1. The van der Waals surface area contributed by atoms with Gasteiger partial charge >= 0.3 is 0 Å². The molecule has 0 aromatic rings. The summed E-state index contributed by atoms with van der Waals surface area (Å²) in [4.78, 5) is 5.49. The maximum absolute atomic E-state index is 3.64. The van der Waals surface area contributed by atoms with Gasteiger partial charge in [-0.1, -0.05) is 20.8 Å². The highest BCUT2D eigenvalue weighted by molar-refractivity contribution is 4.93. The minimum absolute atomic E-state index is 0.421. The Hall–Kier alpha value is -0.120. The van der Waals surface area contributed by atoms with Gasteiger partial charge in [-0.25, -0.2) is 0 Å². The van der Waals surface area contributed by atoms with Crippen molar-refractivity contribution in [1.82, 2.24) is 15.1 Å². The number of hydrogen-bond donors (Lipinski definition) is 1. The molecule has 2 saturated heterocycles. The summed E-state index contributed by atoms with van der Waals surface area (Å²) in [6.45, 7) is 17.0. The van der Waals surface area contributed by atoms with Crippen molar-refractivity contribution in [1.29, 1.82) is 0 Å². The molecule has 0 spiro atoms. The number of hydrogen-bond acceptors (Lipinski definition) is 3. The smallest absolute Gasteiger partial charge is 0.0224 e. The first-order valence-electron chi connectivity index (χ1n) is 8.77. The Labute approximate surface area is 126 Å². The van der Waals surface area contributed by atoms with Gasteiger partial charge in [0.1, 0.15) is 0 Å². The van der Waals surface area contributed by atoms with Crippen LogP contribution in [0.5, 0.6) is 0 Å². The van der Waals surface area contributed by atoms with Gasteiger partial charge in [-0.15, -0.1) is 0 Å². The number of piperazine rings is 1. The van der Waals surface area contributed by atoms with Crippen LogP contribution < -0.4 is 5.32 Å². The maximum Gasteiger partial charge on any atom is 0.0224 e. The molecule has 2 fully saturated rings. The molecule has 0 radical (unpaired) electrons. The topological polar surface area (TPSA) is 18.5 Å². The van der Waals surface area contributed by atoms with Crippen LogP contribution in [0.15, 0.2) is 0 Å². The zero-order valence-electron chi connectivity index (χ0n) is 14.1. The maximum atomic E-state index is 3.64. The van der Waals surface area contributed by atoms with Crippen LogP contribution in [0.1, 0.15) is 53.4 Å². The van der Waals surface area contributed by atoms with Crippen molar-refractivity contribution in [2.75, 3.05) is 39.3 Å². The van der Waals surface area contributed by atoms with E-state index in [9.17, 15) is 0 Å². The zero-order chi connectivity index (χ0) is 14.6. The van der Waals surface area contributed by atoms with Gasteiger partial charge in [-0.05, 0) is 51.1 Å². The van der Waals surface area contributed by atoms with Crippen LogP contribution in [0.25, 0.3) is 0 Å². The average Bonchev–Trinajstić information content (AvgIpc) is 2.86. The second kappa shape index (κ2) is 7.24. The Bertz CT molecular complexity index is 294. The SMILES string of the molecule is CCCNCC(C)(CC)CN1CC2CCCN2CC1C. The van der Waals surface area contributed by atoms with Gasteiger partial charge in [0.15, 0.2) is 0 Å². The van der Waals surface area contributed by atoms with Crippen molar-refractivity contribution in [3.05, 3.63) is 0 Å². The van der Waals surface area contributed by atoms with Crippen LogP contribution in [0, 0.1) is 5.41 Å². The van der Waals surface area contributed by atoms with Gasteiger partial charge in [0.05, 0.1) is 0 Å². The number of nitrogens with one attached hydrogen (secondary N) is 1. The molecule has 2 rings (SSSR count). The Kier molecular flexibility index (Phi) is 5.88. The Morgan fingerprint density at radius 1 is 1.25 bits per heavy atom. The van der Waals surface area contributed by atoms with E-state index in [-0.39, 0.29) is 0 Å². The van der Waals surface area contributed by atoms with Crippen LogP contribution in [-0.4, -0.2) is 61.2 Å². The summed E-state index contributed by atoms with van der Waals surface area (Å²) in [5, 5.41) is 3.64. The molecule has 3 atom stereocenters. The fourth-order valence-electron chi connectivity index (χ4n) is 3.82. The molecule has 0 aliphatic carbocycles. The molecular formula is C17H35N3. The third-order valence-electron chi connectivity index (χ3n) is 5.48. The summed E-state index contributed by atoms with van der Waals surface area (Å²) in [6.07, 6.45) is 5.33. The zero-order valence-corrected chi connectivity index (χ0v) is 14.1. The minimum Gasteiger partial charge on any atom is -0.316 e. The fourth-order valence-corrected chi connectivity index (χ4v) is 3.82. The molecule has 1 N–H and O–H groups in total. The standard InChI is InChI=1S/C17H35N3/c1-5-9-18-13-17(4,6-2)14-20-12-16-8-7-10-19(16)11-15(20)3/h15-16,18H,5-14H2,1-4H3. The molecule has 0 aromatic heterocycles. The van der Waals surface area contributed by atoms with Gasteiger partial charge in [0.25, 0.3) is 0 Å². The van der Waals surface area contributed by atoms with Crippen molar-refractivity contribution >= 4 is 0 Å². The Morgan fingerprint density at radius 2 is 2.05 bits per heavy atom. The summed E-state index contributed by atoms with van der Waals surface area (Å²) in [7, 11) is 0.